The van der Waals surface area contributed by atoms with E-state index in [-0.39, 0.29) is 11.7 Å². The topological polar surface area (TPSA) is 71.3 Å². The first-order chi connectivity index (χ1) is 9.56. The van der Waals surface area contributed by atoms with Gasteiger partial charge in [0.05, 0.1) is 6.26 Å². The summed E-state index contributed by atoms with van der Waals surface area (Å²) in [5.41, 5.74) is 1.81. The van der Waals surface area contributed by atoms with Gasteiger partial charge in [-0.25, -0.2) is 0 Å². The lowest BCUT2D eigenvalue weighted by molar-refractivity contribution is -0.117. The molecule has 0 fully saturated rings. The number of amides is 2. The molecule has 1 aromatic heterocycles. The van der Waals surface area contributed by atoms with Crippen LogP contribution in [0.3, 0.4) is 0 Å². The Morgan fingerprint density at radius 1 is 1.15 bits per heavy atom. The molecule has 0 aliphatic carbocycles. The summed E-state index contributed by atoms with van der Waals surface area (Å²) in [5, 5.41) is 5.30. The van der Waals surface area contributed by atoms with Crippen molar-refractivity contribution in [2.75, 3.05) is 5.32 Å². The number of carbonyl (C=O) groups excluding carboxylic acids is 2. The van der Waals surface area contributed by atoms with Crippen LogP contribution in [-0.2, 0) is 4.79 Å². The number of benzene rings is 1. The normalized spacial score (nSPS) is 11.7. The quantitative estimate of drug-likeness (QED) is 0.897. The molecule has 1 aromatic carbocycles. The van der Waals surface area contributed by atoms with Gasteiger partial charge in [-0.15, -0.1) is 0 Å². The lowest BCUT2D eigenvalue weighted by atomic mass is 10.2. The maximum Gasteiger partial charge on any atom is 0.287 e. The molecule has 5 nitrogen and oxygen atoms in total. The van der Waals surface area contributed by atoms with Crippen LogP contribution in [0.5, 0.6) is 0 Å². The van der Waals surface area contributed by atoms with Crippen molar-refractivity contribution in [2.24, 2.45) is 0 Å². The van der Waals surface area contributed by atoms with Crippen molar-refractivity contribution >= 4 is 17.5 Å². The molecule has 1 atom stereocenters. The Morgan fingerprint density at radius 2 is 1.85 bits per heavy atom. The minimum Gasteiger partial charge on any atom is -0.459 e. The number of furan rings is 1. The van der Waals surface area contributed by atoms with E-state index in [1.807, 2.05) is 31.2 Å². The molecule has 2 N–H and O–H groups in total. The molecule has 0 saturated carbocycles. The zero-order valence-corrected chi connectivity index (χ0v) is 11.3. The Balaban J connectivity index is 1.92. The lowest BCUT2D eigenvalue weighted by Crippen LogP contribution is -2.41. The number of anilines is 1. The molecule has 2 rings (SSSR count). The first-order valence-electron chi connectivity index (χ1n) is 6.28. The van der Waals surface area contributed by atoms with Gasteiger partial charge in [-0.2, -0.15) is 0 Å². The number of rotatable bonds is 4. The van der Waals surface area contributed by atoms with E-state index in [9.17, 15) is 9.59 Å². The smallest absolute Gasteiger partial charge is 0.287 e. The molecule has 0 aliphatic heterocycles. The van der Waals surface area contributed by atoms with Crippen molar-refractivity contribution < 1.29 is 14.0 Å². The fraction of sp³-hybridized carbons (Fsp3) is 0.200. The molecule has 0 bridgehead atoms. The Bertz CT molecular complexity index is 588. The van der Waals surface area contributed by atoms with Gasteiger partial charge in [0, 0.05) is 5.69 Å². The molecule has 1 unspecified atom stereocenters. The molecule has 2 amide bonds. The summed E-state index contributed by atoms with van der Waals surface area (Å²) < 4.78 is 4.96. The SMILES string of the molecule is Cc1ccc(NC(=O)C(C)NC(=O)c2ccco2)cc1. The summed E-state index contributed by atoms with van der Waals surface area (Å²) in [4.78, 5) is 23.7. The molecular formula is C15H16N2O3. The molecule has 0 saturated heterocycles. The number of nitrogens with one attached hydrogen (secondary N) is 2. The third kappa shape index (κ3) is 3.47. The molecule has 0 aliphatic rings. The molecule has 1 heterocycles. The largest absolute Gasteiger partial charge is 0.459 e. The van der Waals surface area contributed by atoms with E-state index in [0.717, 1.165) is 5.56 Å². The minimum absolute atomic E-state index is 0.181. The second kappa shape index (κ2) is 6.06. The van der Waals surface area contributed by atoms with E-state index in [1.54, 1.807) is 19.1 Å². The highest BCUT2D eigenvalue weighted by Gasteiger charge is 2.17. The average Bonchev–Trinajstić information content (AvgIpc) is 2.95. The molecule has 0 spiro atoms. The number of carbonyl (C=O) groups is 2. The maximum absolute atomic E-state index is 11.9. The summed E-state index contributed by atoms with van der Waals surface area (Å²) in [6, 6.07) is 9.94. The van der Waals surface area contributed by atoms with E-state index in [0.29, 0.717) is 5.69 Å². The minimum atomic E-state index is -0.658. The van der Waals surface area contributed by atoms with Crippen LogP contribution in [0, 0.1) is 6.92 Å². The van der Waals surface area contributed by atoms with Crippen LogP contribution < -0.4 is 10.6 Å². The third-order valence-electron chi connectivity index (χ3n) is 2.80. The highest BCUT2D eigenvalue weighted by atomic mass is 16.3. The van der Waals surface area contributed by atoms with Gasteiger partial charge in [0.25, 0.3) is 5.91 Å². The maximum atomic E-state index is 11.9. The summed E-state index contributed by atoms with van der Waals surface area (Å²) in [5.74, 6) is -0.518. The van der Waals surface area contributed by atoms with E-state index < -0.39 is 11.9 Å². The van der Waals surface area contributed by atoms with Crippen molar-refractivity contribution in [3.63, 3.8) is 0 Å². The van der Waals surface area contributed by atoms with Crippen LogP contribution >= 0.6 is 0 Å². The van der Waals surface area contributed by atoms with Crippen LogP contribution in [0.25, 0.3) is 0 Å². The first-order valence-corrected chi connectivity index (χ1v) is 6.28. The predicted molar refractivity (Wildman–Crippen MR) is 75.4 cm³/mol. The van der Waals surface area contributed by atoms with E-state index in [4.69, 9.17) is 4.42 Å². The molecular weight excluding hydrogens is 256 g/mol. The van der Waals surface area contributed by atoms with Gasteiger partial charge < -0.3 is 15.1 Å². The van der Waals surface area contributed by atoms with E-state index >= 15 is 0 Å². The van der Waals surface area contributed by atoms with E-state index in [1.165, 1.54) is 6.26 Å². The molecule has 0 radical (unpaired) electrons. The van der Waals surface area contributed by atoms with Gasteiger partial charge in [0.15, 0.2) is 5.76 Å². The lowest BCUT2D eigenvalue weighted by Gasteiger charge is -2.13. The van der Waals surface area contributed by atoms with Gasteiger partial charge in [0.1, 0.15) is 6.04 Å². The zero-order chi connectivity index (χ0) is 14.5. The highest BCUT2D eigenvalue weighted by molar-refractivity contribution is 5.99. The Labute approximate surface area is 117 Å². The van der Waals surface area contributed by atoms with Crippen LogP contribution in [0.1, 0.15) is 23.0 Å². The molecule has 20 heavy (non-hydrogen) atoms. The Morgan fingerprint density at radius 3 is 2.45 bits per heavy atom. The van der Waals surface area contributed by atoms with Crippen molar-refractivity contribution in [2.45, 2.75) is 19.9 Å². The monoisotopic (exact) mass is 272 g/mol. The van der Waals surface area contributed by atoms with Crippen molar-refractivity contribution in [3.05, 3.63) is 54.0 Å². The fourth-order valence-electron chi connectivity index (χ4n) is 1.63. The number of hydrogen-bond donors (Lipinski definition) is 2. The van der Waals surface area contributed by atoms with Gasteiger partial charge >= 0.3 is 0 Å². The fourth-order valence-corrected chi connectivity index (χ4v) is 1.63. The standard InChI is InChI=1S/C15H16N2O3/c1-10-5-7-12(8-6-10)17-14(18)11(2)16-15(19)13-4-3-9-20-13/h3-9,11H,1-2H3,(H,16,19)(H,17,18). The average molecular weight is 272 g/mol. The number of hydrogen-bond acceptors (Lipinski definition) is 3. The highest BCUT2D eigenvalue weighted by Crippen LogP contribution is 2.09. The Kier molecular flexibility index (Phi) is 4.20. The van der Waals surface area contributed by atoms with Gasteiger partial charge in [-0.1, -0.05) is 17.7 Å². The first kappa shape index (κ1) is 13.9. The second-order valence-electron chi connectivity index (χ2n) is 4.53. The van der Waals surface area contributed by atoms with Crippen molar-refractivity contribution in [1.82, 2.24) is 5.32 Å². The summed E-state index contributed by atoms with van der Waals surface area (Å²) in [6.45, 7) is 3.59. The molecule has 5 heteroatoms. The van der Waals surface area contributed by atoms with Crippen molar-refractivity contribution in [1.29, 1.82) is 0 Å². The van der Waals surface area contributed by atoms with Crippen LogP contribution in [0.4, 0.5) is 5.69 Å². The molecule has 2 aromatic rings. The van der Waals surface area contributed by atoms with Crippen LogP contribution in [-0.4, -0.2) is 17.9 Å². The third-order valence-corrected chi connectivity index (χ3v) is 2.80. The van der Waals surface area contributed by atoms with Gasteiger partial charge in [0.2, 0.25) is 5.91 Å². The summed E-state index contributed by atoms with van der Waals surface area (Å²) in [6.07, 6.45) is 1.41. The molecule has 104 valence electrons. The second-order valence-corrected chi connectivity index (χ2v) is 4.53. The van der Waals surface area contributed by atoms with Crippen LogP contribution in [0.15, 0.2) is 47.1 Å². The van der Waals surface area contributed by atoms with Crippen LogP contribution in [0.2, 0.25) is 0 Å². The van der Waals surface area contributed by atoms with Gasteiger partial charge in [-0.05, 0) is 38.1 Å². The Hall–Kier alpha value is -2.56. The number of aryl methyl sites for hydroxylation is 1. The van der Waals surface area contributed by atoms with E-state index in [2.05, 4.69) is 10.6 Å². The summed E-state index contributed by atoms with van der Waals surface area (Å²) >= 11 is 0. The predicted octanol–water partition coefficient (Wildman–Crippen LogP) is 2.35. The van der Waals surface area contributed by atoms with Crippen molar-refractivity contribution in [3.8, 4) is 0 Å². The summed E-state index contributed by atoms with van der Waals surface area (Å²) in [7, 11) is 0. The zero-order valence-electron chi connectivity index (χ0n) is 11.3. The van der Waals surface area contributed by atoms with Gasteiger partial charge in [-0.3, -0.25) is 9.59 Å².